The third-order valence-corrected chi connectivity index (χ3v) is 8.42. The van der Waals surface area contributed by atoms with Crippen LogP contribution in [0.5, 0.6) is 0 Å². The van der Waals surface area contributed by atoms with Crippen LogP contribution in [0.25, 0.3) is 0 Å². The maximum Gasteiger partial charge on any atom is 0.329 e. The molecule has 0 bridgehead atoms. The quantitative estimate of drug-likeness (QED) is 0.644. The molecule has 8 heteroatoms. The first-order valence-electron chi connectivity index (χ1n) is 10.9. The molecule has 170 valence electrons. The Morgan fingerprint density at radius 3 is 2.47 bits per heavy atom. The molecule has 2 aliphatic rings. The van der Waals surface area contributed by atoms with E-state index in [1.54, 1.807) is 31.3 Å². The first-order valence-corrected chi connectivity index (χ1v) is 12.4. The minimum absolute atomic E-state index is 0.0257. The fraction of sp³-hybridized carbons (Fsp3) is 0.417. The molecule has 1 aliphatic carbocycles. The lowest BCUT2D eigenvalue weighted by Crippen LogP contribution is -2.43. The first kappa shape index (κ1) is 22.5. The summed E-state index contributed by atoms with van der Waals surface area (Å²) in [6.07, 6.45) is 5.22. The number of hydrogen-bond donors (Lipinski definition) is 0. The number of fused-ring (bicyclic) bond motifs is 1. The van der Waals surface area contributed by atoms with Gasteiger partial charge in [-0.15, -0.1) is 0 Å². The lowest BCUT2D eigenvalue weighted by molar-refractivity contribution is -0.141. The van der Waals surface area contributed by atoms with Crippen molar-refractivity contribution in [2.45, 2.75) is 55.5 Å². The standard InChI is InChI=1S/C24H28N2O5S/c1-25(19-11-4-3-5-12-19)32(29,30)20-13-8-10-18(15-20)23(27)26-21-14-7-6-9-17(21)16-22(26)24(28)31-2/h6-10,13-15,19,22H,3-5,11-12,16H2,1-2H3. The second-order valence-corrected chi connectivity index (χ2v) is 10.4. The van der Waals surface area contributed by atoms with E-state index >= 15 is 0 Å². The molecule has 0 spiro atoms. The van der Waals surface area contributed by atoms with Crippen LogP contribution in [0.2, 0.25) is 0 Å². The molecule has 1 heterocycles. The molecular weight excluding hydrogens is 428 g/mol. The Hall–Kier alpha value is -2.71. The number of carbonyl (C=O) groups is 2. The number of rotatable bonds is 5. The summed E-state index contributed by atoms with van der Waals surface area (Å²) in [6.45, 7) is 0. The van der Waals surface area contributed by atoms with Crippen LogP contribution >= 0.6 is 0 Å². The Bertz CT molecular complexity index is 1120. The molecule has 1 fully saturated rings. The maximum atomic E-state index is 13.5. The molecule has 4 rings (SSSR count). The smallest absolute Gasteiger partial charge is 0.329 e. The van der Waals surface area contributed by atoms with Gasteiger partial charge in [0, 0.05) is 30.8 Å². The van der Waals surface area contributed by atoms with Crippen molar-refractivity contribution in [3.8, 4) is 0 Å². The highest BCUT2D eigenvalue weighted by atomic mass is 32.2. The molecule has 2 aromatic carbocycles. The maximum absolute atomic E-state index is 13.5. The van der Waals surface area contributed by atoms with E-state index in [1.165, 1.54) is 28.4 Å². The van der Waals surface area contributed by atoms with Crippen LogP contribution in [-0.4, -0.2) is 50.8 Å². The number of methoxy groups -OCH3 is 1. The minimum atomic E-state index is -3.74. The van der Waals surface area contributed by atoms with Gasteiger partial charge in [-0.05, 0) is 42.7 Å². The molecule has 0 aromatic heterocycles. The average molecular weight is 457 g/mol. The van der Waals surface area contributed by atoms with Gasteiger partial charge >= 0.3 is 5.97 Å². The van der Waals surface area contributed by atoms with Crippen LogP contribution in [0, 0.1) is 0 Å². The zero-order chi connectivity index (χ0) is 22.9. The van der Waals surface area contributed by atoms with E-state index in [0.717, 1.165) is 37.7 Å². The third-order valence-electron chi connectivity index (χ3n) is 6.52. The van der Waals surface area contributed by atoms with Crippen molar-refractivity contribution >= 4 is 27.6 Å². The highest BCUT2D eigenvalue weighted by Gasteiger charge is 2.39. The molecule has 7 nitrogen and oxygen atoms in total. The highest BCUT2D eigenvalue weighted by molar-refractivity contribution is 7.89. The lowest BCUT2D eigenvalue weighted by Gasteiger charge is -2.30. The van der Waals surface area contributed by atoms with Gasteiger partial charge in [-0.2, -0.15) is 4.31 Å². The number of sulfonamides is 1. The van der Waals surface area contributed by atoms with Crippen molar-refractivity contribution in [3.05, 3.63) is 59.7 Å². The number of esters is 1. The molecule has 1 aliphatic heterocycles. The largest absolute Gasteiger partial charge is 0.467 e. The molecule has 1 amide bonds. The van der Waals surface area contributed by atoms with Gasteiger partial charge in [0.1, 0.15) is 6.04 Å². The molecule has 1 saturated carbocycles. The van der Waals surface area contributed by atoms with E-state index in [9.17, 15) is 18.0 Å². The lowest BCUT2D eigenvalue weighted by atomic mass is 9.96. The summed E-state index contributed by atoms with van der Waals surface area (Å²) in [5, 5.41) is 0. The Morgan fingerprint density at radius 2 is 1.75 bits per heavy atom. The second-order valence-electron chi connectivity index (χ2n) is 8.39. The van der Waals surface area contributed by atoms with Crippen LogP contribution in [0.15, 0.2) is 53.4 Å². The van der Waals surface area contributed by atoms with Crippen molar-refractivity contribution in [2.75, 3.05) is 19.1 Å². The molecule has 0 saturated heterocycles. The third kappa shape index (κ3) is 4.04. The van der Waals surface area contributed by atoms with E-state index in [2.05, 4.69) is 0 Å². The molecule has 0 radical (unpaired) electrons. The number of anilines is 1. The van der Waals surface area contributed by atoms with E-state index in [-0.39, 0.29) is 16.5 Å². The van der Waals surface area contributed by atoms with Crippen molar-refractivity contribution in [3.63, 3.8) is 0 Å². The van der Waals surface area contributed by atoms with Gasteiger partial charge in [0.2, 0.25) is 10.0 Å². The van der Waals surface area contributed by atoms with Gasteiger partial charge in [0.15, 0.2) is 0 Å². The Morgan fingerprint density at radius 1 is 1.03 bits per heavy atom. The van der Waals surface area contributed by atoms with E-state index in [4.69, 9.17) is 4.74 Å². The molecule has 1 unspecified atom stereocenters. The van der Waals surface area contributed by atoms with Crippen LogP contribution in [0.1, 0.15) is 48.0 Å². The molecular formula is C24H28N2O5S. The first-order chi connectivity index (χ1) is 15.3. The van der Waals surface area contributed by atoms with Crippen molar-refractivity contribution in [1.29, 1.82) is 0 Å². The molecule has 0 N–H and O–H groups in total. The number of ether oxygens (including phenoxy) is 1. The van der Waals surface area contributed by atoms with E-state index in [1.807, 2.05) is 12.1 Å². The fourth-order valence-corrected chi connectivity index (χ4v) is 6.16. The summed E-state index contributed by atoms with van der Waals surface area (Å²) in [4.78, 5) is 27.4. The van der Waals surface area contributed by atoms with Crippen molar-refractivity contribution in [2.24, 2.45) is 0 Å². The summed E-state index contributed by atoms with van der Waals surface area (Å²) in [7, 11) is -0.833. The van der Waals surface area contributed by atoms with Gasteiger partial charge in [-0.3, -0.25) is 9.69 Å². The Labute approximate surface area is 189 Å². The Kier molecular flexibility index (Phi) is 6.35. The summed E-state index contributed by atoms with van der Waals surface area (Å²) in [6, 6.07) is 12.6. The second kappa shape index (κ2) is 9.03. The SMILES string of the molecule is COC(=O)C1Cc2ccccc2N1C(=O)c1cccc(S(=O)(=O)N(C)C2CCCCC2)c1. The van der Waals surface area contributed by atoms with Crippen molar-refractivity contribution in [1.82, 2.24) is 4.31 Å². The molecule has 32 heavy (non-hydrogen) atoms. The number of carbonyl (C=O) groups excluding carboxylic acids is 2. The van der Waals surface area contributed by atoms with Crippen LogP contribution in [-0.2, 0) is 26.0 Å². The number of nitrogens with zero attached hydrogens (tertiary/aromatic N) is 2. The van der Waals surface area contributed by atoms with Gasteiger partial charge in [0.25, 0.3) is 5.91 Å². The summed E-state index contributed by atoms with van der Waals surface area (Å²) < 4.78 is 32.9. The topological polar surface area (TPSA) is 84.0 Å². The number of amides is 1. The van der Waals surface area contributed by atoms with Crippen LogP contribution < -0.4 is 4.90 Å². The van der Waals surface area contributed by atoms with Crippen LogP contribution in [0.3, 0.4) is 0 Å². The summed E-state index contributed by atoms with van der Waals surface area (Å²) >= 11 is 0. The van der Waals surface area contributed by atoms with Gasteiger partial charge in [-0.1, -0.05) is 43.5 Å². The number of hydrogen-bond acceptors (Lipinski definition) is 5. The van der Waals surface area contributed by atoms with E-state index < -0.39 is 27.9 Å². The predicted octanol–water partition coefficient (Wildman–Crippen LogP) is 3.38. The predicted molar refractivity (Wildman–Crippen MR) is 121 cm³/mol. The monoisotopic (exact) mass is 456 g/mol. The Balaban J connectivity index is 1.66. The van der Waals surface area contributed by atoms with E-state index in [0.29, 0.717) is 12.1 Å². The van der Waals surface area contributed by atoms with Gasteiger partial charge < -0.3 is 4.74 Å². The summed E-state index contributed by atoms with van der Waals surface area (Å²) in [5.74, 6) is -0.932. The average Bonchev–Trinajstić information content (AvgIpc) is 3.22. The number of benzene rings is 2. The normalized spacial score (nSPS) is 19.1. The van der Waals surface area contributed by atoms with Crippen LogP contribution in [0.4, 0.5) is 5.69 Å². The highest BCUT2D eigenvalue weighted by Crippen LogP contribution is 2.34. The zero-order valence-corrected chi connectivity index (χ0v) is 19.2. The van der Waals surface area contributed by atoms with Gasteiger partial charge in [0.05, 0.1) is 12.0 Å². The molecule has 2 aromatic rings. The number of para-hydroxylation sites is 1. The summed E-state index contributed by atoms with van der Waals surface area (Å²) in [5.41, 5.74) is 1.73. The fourth-order valence-electron chi connectivity index (χ4n) is 4.70. The van der Waals surface area contributed by atoms with Crippen molar-refractivity contribution < 1.29 is 22.7 Å². The zero-order valence-electron chi connectivity index (χ0n) is 18.4. The van der Waals surface area contributed by atoms with Gasteiger partial charge in [-0.25, -0.2) is 13.2 Å². The minimum Gasteiger partial charge on any atom is -0.467 e. The molecule has 1 atom stereocenters.